The van der Waals surface area contributed by atoms with Crippen LogP contribution in [0.2, 0.25) is 0 Å². The molecule has 3 nitrogen and oxygen atoms in total. The van der Waals surface area contributed by atoms with Gasteiger partial charge in [0.1, 0.15) is 5.75 Å². The van der Waals surface area contributed by atoms with Gasteiger partial charge in [0.15, 0.2) is 0 Å². The molecule has 1 aromatic rings. The average Bonchev–Trinajstić information content (AvgIpc) is 2.57. The number of hydrogen-bond acceptors (Lipinski definition) is 3. The largest absolute Gasteiger partial charge is 0.495 e. The molecule has 0 bridgehead atoms. The van der Waals surface area contributed by atoms with E-state index in [2.05, 4.69) is 29.4 Å². The third-order valence-corrected chi connectivity index (χ3v) is 3.02. The van der Waals surface area contributed by atoms with Crippen LogP contribution in [-0.4, -0.2) is 34.3 Å². The molecule has 1 aliphatic heterocycles. The van der Waals surface area contributed by atoms with Gasteiger partial charge < -0.3 is 15.0 Å². The summed E-state index contributed by atoms with van der Waals surface area (Å²) >= 11 is 0. The summed E-state index contributed by atoms with van der Waals surface area (Å²) in [5.41, 5.74) is 2.64. The van der Waals surface area contributed by atoms with Crippen molar-refractivity contribution < 1.29 is 4.74 Å². The second-order valence-electron chi connectivity index (χ2n) is 4.03. The average molecular weight is 206 g/mol. The summed E-state index contributed by atoms with van der Waals surface area (Å²) in [7, 11) is 5.85. The Hall–Kier alpha value is -1.22. The van der Waals surface area contributed by atoms with Gasteiger partial charge >= 0.3 is 0 Å². The van der Waals surface area contributed by atoms with Gasteiger partial charge in [0, 0.05) is 26.1 Å². The molecule has 1 aromatic carbocycles. The highest BCUT2D eigenvalue weighted by Crippen LogP contribution is 2.41. The summed E-state index contributed by atoms with van der Waals surface area (Å²) < 4.78 is 5.39. The molecule has 2 rings (SSSR count). The Labute approximate surface area is 91.0 Å². The lowest BCUT2D eigenvalue weighted by Crippen LogP contribution is -2.22. The first-order chi connectivity index (χ1) is 7.27. The maximum Gasteiger partial charge on any atom is 0.142 e. The number of nitrogens with one attached hydrogen (secondary N) is 1. The molecule has 0 aromatic heterocycles. The van der Waals surface area contributed by atoms with Gasteiger partial charge in [-0.2, -0.15) is 0 Å². The molecule has 0 saturated carbocycles. The van der Waals surface area contributed by atoms with E-state index in [9.17, 15) is 0 Å². The van der Waals surface area contributed by atoms with E-state index in [4.69, 9.17) is 4.74 Å². The minimum Gasteiger partial charge on any atom is -0.495 e. The zero-order valence-electron chi connectivity index (χ0n) is 9.58. The van der Waals surface area contributed by atoms with E-state index in [-0.39, 0.29) is 0 Å². The highest BCUT2D eigenvalue weighted by atomic mass is 16.5. The second-order valence-corrected chi connectivity index (χ2v) is 4.03. The fourth-order valence-electron chi connectivity index (χ4n) is 2.38. The standard InChI is InChI=1S/C12H18N2O/c1-13-7-9-8-14(2)12-10(9)5-4-6-11(12)15-3/h4-6,9,13H,7-8H2,1-3H3. The molecular weight excluding hydrogens is 188 g/mol. The molecule has 1 unspecified atom stereocenters. The van der Waals surface area contributed by atoms with E-state index in [0.717, 1.165) is 18.8 Å². The van der Waals surface area contributed by atoms with E-state index >= 15 is 0 Å². The predicted octanol–water partition coefficient (Wildman–Crippen LogP) is 1.45. The first kappa shape index (κ1) is 10.3. The molecule has 0 spiro atoms. The zero-order chi connectivity index (χ0) is 10.8. The number of ether oxygens (including phenoxy) is 1. The van der Waals surface area contributed by atoms with Crippen molar-refractivity contribution in [1.82, 2.24) is 5.32 Å². The van der Waals surface area contributed by atoms with Gasteiger partial charge in [-0.3, -0.25) is 0 Å². The number of rotatable bonds is 3. The van der Waals surface area contributed by atoms with Crippen molar-refractivity contribution in [2.24, 2.45) is 0 Å². The number of fused-ring (bicyclic) bond motifs is 1. The SMILES string of the molecule is CNCC1CN(C)c2c(OC)cccc21. The summed E-state index contributed by atoms with van der Waals surface area (Å²) in [5, 5.41) is 3.24. The van der Waals surface area contributed by atoms with Crippen LogP contribution in [0.3, 0.4) is 0 Å². The minimum absolute atomic E-state index is 0.574. The van der Waals surface area contributed by atoms with Gasteiger partial charge in [-0.1, -0.05) is 12.1 Å². The molecule has 0 amide bonds. The van der Waals surface area contributed by atoms with Gasteiger partial charge in [-0.15, -0.1) is 0 Å². The molecule has 1 atom stereocenters. The van der Waals surface area contributed by atoms with Gasteiger partial charge in [-0.25, -0.2) is 0 Å². The Morgan fingerprint density at radius 1 is 1.53 bits per heavy atom. The minimum atomic E-state index is 0.574. The van der Waals surface area contributed by atoms with Crippen LogP contribution in [0, 0.1) is 0 Å². The fourth-order valence-corrected chi connectivity index (χ4v) is 2.38. The van der Waals surface area contributed by atoms with E-state index in [1.54, 1.807) is 7.11 Å². The van der Waals surface area contributed by atoms with Crippen LogP contribution in [0.4, 0.5) is 5.69 Å². The normalized spacial score (nSPS) is 19.1. The summed E-state index contributed by atoms with van der Waals surface area (Å²) in [6.45, 7) is 2.08. The molecule has 1 aliphatic rings. The topological polar surface area (TPSA) is 24.5 Å². The lowest BCUT2D eigenvalue weighted by molar-refractivity contribution is 0.415. The number of methoxy groups -OCH3 is 1. The summed E-state index contributed by atoms with van der Waals surface area (Å²) in [5.74, 6) is 1.55. The van der Waals surface area contributed by atoms with Crippen LogP contribution in [0.1, 0.15) is 11.5 Å². The quantitative estimate of drug-likeness (QED) is 0.810. The van der Waals surface area contributed by atoms with Crippen molar-refractivity contribution in [1.29, 1.82) is 0 Å². The number of nitrogens with zero attached hydrogens (tertiary/aromatic N) is 1. The monoisotopic (exact) mass is 206 g/mol. The molecule has 15 heavy (non-hydrogen) atoms. The Balaban J connectivity index is 2.39. The van der Waals surface area contributed by atoms with Crippen molar-refractivity contribution in [3.8, 4) is 5.75 Å². The first-order valence-corrected chi connectivity index (χ1v) is 5.30. The summed E-state index contributed by atoms with van der Waals surface area (Å²) in [6.07, 6.45) is 0. The molecule has 1 heterocycles. The lowest BCUT2D eigenvalue weighted by Gasteiger charge is -2.15. The Kier molecular flexibility index (Phi) is 2.82. The van der Waals surface area contributed by atoms with Gasteiger partial charge in [0.05, 0.1) is 12.8 Å². The third-order valence-electron chi connectivity index (χ3n) is 3.02. The number of para-hydroxylation sites is 1. The maximum atomic E-state index is 5.39. The summed E-state index contributed by atoms with van der Waals surface area (Å²) in [4.78, 5) is 2.27. The number of benzene rings is 1. The number of hydrogen-bond donors (Lipinski definition) is 1. The highest BCUT2D eigenvalue weighted by Gasteiger charge is 2.28. The van der Waals surface area contributed by atoms with Crippen molar-refractivity contribution >= 4 is 5.69 Å². The molecule has 0 radical (unpaired) electrons. The molecule has 0 aliphatic carbocycles. The molecule has 0 saturated heterocycles. The number of likely N-dealkylation sites (N-methyl/N-ethyl adjacent to an activating group) is 2. The van der Waals surface area contributed by atoms with Gasteiger partial charge in [0.25, 0.3) is 0 Å². The third kappa shape index (κ3) is 1.67. The van der Waals surface area contributed by atoms with E-state index in [1.165, 1.54) is 11.3 Å². The van der Waals surface area contributed by atoms with Crippen molar-refractivity contribution in [3.63, 3.8) is 0 Å². The molecular formula is C12H18N2O. The predicted molar refractivity (Wildman–Crippen MR) is 62.9 cm³/mol. The Morgan fingerprint density at radius 2 is 2.33 bits per heavy atom. The van der Waals surface area contributed by atoms with Crippen LogP contribution in [0.25, 0.3) is 0 Å². The van der Waals surface area contributed by atoms with E-state index < -0.39 is 0 Å². The zero-order valence-corrected chi connectivity index (χ0v) is 9.58. The Bertz CT molecular complexity index is 351. The van der Waals surface area contributed by atoms with Crippen LogP contribution in [-0.2, 0) is 0 Å². The van der Waals surface area contributed by atoms with Crippen LogP contribution in [0.5, 0.6) is 5.75 Å². The molecule has 82 valence electrons. The smallest absolute Gasteiger partial charge is 0.142 e. The van der Waals surface area contributed by atoms with Crippen LogP contribution >= 0.6 is 0 Å². The summed E-state index contributed by atoms with van der Waals surface area (Å²) in [6, 6.07) is 6.29. The number of anilines is 1. The molecule has 0 fully saturated rings. The van der Waals surface area contributed by atoms with Gasteiger partial charge in [0.2, 0.25) is 0 Å². The lowest BCUT2D eigenvalue weighted by atomic mass is 10.0. The van der Waals surface area contributed by atoms with Crippen molar-refractivity contribution in [2.75, 3.05) is 39.2 Å². The maximum absolute atomic E-state index is 5.39. The fraction of sp³-hybridized carbons (Fsp3) is 0.500. The van der Waals surface area contributed by atoms with Gasteiger partial charge in [-0.05, 0) is 18.7 Å². The van der Waals surface area contributed by atoms with Crippen molar-refractivity contribution in [3.05, 3.63) is 23.8 Å². The Morgan fingerprint density at radius 3 is 3.00 bits per heavy atom. The van der Waals surface area contributed by atoms with Crippen LogP contribution in [0.15, 0.2) is 18.2 Å². The van der Waals surface area contributed by atoms with Crippen molar-refractivity contribution in [2.45, 2.75) is 5.92 Å². The van der Waals surface area contributed by atoms with Crippen LogP contribution < -0.4 is 15.0 Å². The first-order valence-electron chi connectivity index (χ1n) is 5.30. The highest BCUT2D eigenvalue weighted by molar-refractivity contribution is 5.68. The second kappa shape index (κ2) is 4.11. The van der Waals surface area contributed by atoms with E-state index in [0.29, 0.717) is 5.92 Å². The van der Waals surface area contributed by atoms with E-state index in [1.807, 2.05) is 13.1 Å². The molecule has 1 N–H and O–H groups in total. The molecule has 3 heteroatoms.